The van der Waals surface area contributed by atoms with Gasteiger partial charge in [-0.3, -0.25) is 0 Å². The van der Waals surface area contributed by atoms with Gasteiger partial charge in [-0.05, 0) is 94.8 Å². The number of hydrogen-bond acceptors (Lipinski definition) is 1. The zero-order chi connectivity index (χ0) is 16.9. The Hall–Kier alpha value is -1.26. The Morgan fingerprint density at radius 3 is 2.16 bits per heavy atom. The third-order valence-corrected chi connectivity index (χ3v) is 7.75. The molecule has 124 valence electrons. The Balaban J connectivity index is 1.69. The van der Waals surface area contributed by atoms with Crippen LogP contribution in [0.5, 0.6) is 0 Å². The molecule has 1 spiro atoms. The fourth-order valence-electron chi connectivity index (χ4n) is 4.79. The van der Waals surface area contributed by atoms with E-state index in [0.29, 0.717) is 0 Å². The van der Waals surface area contributed by atoms with E-state index in [4.69, 9.17) is 0 Å². The largest absolute Gasteiger partial charge is 0.0898 e. The van der Waals surface area contributed by atoms with Crippen molar-refractivity contribution in [3.63, 3.8) is 0 Å². The van der Waals surface area contributed by atoms with Crippen molar-refractivity contribution in [3.05, 3.63) is 92.6 Å². The van der Waals surface area contributed by atoms with Gasteiger partial charge in [0, 0.05) is 18.8 Å². The molecular formula is C23H19IS. The van der Waals surface area contributed by atoms with E-state index in [1.165, 1.54) is 39.0 Å². The number of fused-ring (bicyclic) bond motifs is 4. The van der Waals surface area contributed by atoms with Crippen LogP contribution in [0.3, 0.4) is 0 Å². The van der Waals surface area contributed by atoms with Crippen molar-refractivity contribution in [1.29, 1.82) is 0 Å². The summed E-state index contributed by atoms with van der Waals surface area (Å²) in [6, 6.07) is 24.6. The second-order valence-electron chi connectivity index (χ2n) is 7.06. The molecule has 3 aromatic carbocycles. The third kappa shape index (κ3) is 2.48. The highest BCUT2D eigenvalue weighted by atomic mass is 127. The van der Waals surface area contributed by atoms with Gasteiger partial charge >= 0.3 is 0 Å². The van der Waals surface area contributed by atoms with Gasteiger partial charge in [0.05, 0.1) is 0 Å². The summed E-state index contributed by atoms with van der Waals surface area (Å²) in [5.41, 5.74) is 6.61. The summed E-state index contributed by atoms with van der Waals surface area (Å²) in [5.74, 6) is 0. The molecule has 5 rings (SSSR count). The van der Waals surface area contributed by atoms with Crippen LogP contribution in [-0.4, -0.2) is 0 Å². The third-order valence-electron chi connectivity index (χ3n) is 5.78. The first-order valence-corrected chi connectivity index (χ1v) is 10.8. The average molecular weight is 454 g/mol. The van der Waals surface area contributed by atoms with Crippen LogP contribution in [0, 0.1) is 3.57 Å². The van der Waals surface area contributed by atoms with Gasteiger partial charge in [-0.25, -0.2) is 0 Å². The number of benzene rings is 3. The van der Waals surface area contributed by atoms with Gasteiger partial charge in [0.25, 0.3) is 0 Å². The predicted octanol–water partition coefficient (Wildman–Crippen LogP) is 6.62. The molecule has 2 aliphatic carbocycles. The Morgan fingerprint density at radius 2 is 1.40 bits per heavy atom. The van der Waals surface area contributed by atoms with Gasteiger partial charge in [-0.2, -0.15) is 0 Å². The van der Waals surface area contributed by atoms with E-state index in [9.17, 15) is 0 Å². The molecule has 0 fully saturated rings. The number of halogens is 1. The van der Waals surface area contributed by atoms with Crippen LogP contribution in [0.15, 0.2) is 76.5 Å². The zero-order valence-electron chi connectivity index (χ0n) is 14.0. The Kier molecular flexibility index (Phi) is 3.94. The van der Waals surface area contributed by atoms with Crippen molar-refractivity contribution in [2.45, 2.75) is 40.9 Å². The summed E-state index contributed by atoms with van der Waals surface area (Å²) in [6.45, 7) is 0. The van der Waals surface area contributed by atoms with E-state index in [2.05, 4.69) is 89.3 Å². The molecule has 0 aliphatic heterocycles. The van der Waals surface area contributed by atoms with E-state index in [1.54, 1.807) is 22.3 Å². The lowest BCUT2D eigenvalue weighted by atomic mass is 9.76. The lowest BCUT2D eigenvalue weighted by molar-refractivity contribution is 0.499. The molecular weight excluding hydrogens is 435 g/mol. The van der Waals surface area contributed by atoms with Crippen LogP contribution < -0.4 is 0 Å². The van der Waals surface area contributed by atoms with Gasteiger partial charge in [0.15, 0.2) is 0 Å². The molecule has 1 unspecified atom stereocenters. The second-order valence-corrected chi connectivity index (χ2v) is 9.34. The zero-order valence-corrected chi connectivity index (χ0v) is 16.9. The highest BCUT2D eigenvalue weighted by Gasteiger charge is 2.47. The van der Waals surface area contributed by atoms with E-state index in [1.807, 2.05) is 11.8 Å². The normalized spacial score (nSPS) is 20.7. The number of hydrogen-bond donors (Lipinski definition) is 0. The predicted molar refractivity (Wildman–Crippen MR) is 114 cm³/mol. The smallest absolute Gasteiger partial charge is 0.0236 e. The van der Waals surface area contributed by atoms with Gasteiger partial charge in [0.2, 0.25) is 0 Å². The number of rotatable bonds is 2. The molecule has 0 amide bonds. The van der Waals surface area contributed by atoms with Crippen LogP contribution in [0.1, 0.15) is 35.1 Å². The first kappa shape index (κ1) is 16.0. The molecule has 0 saturated carbocycles. The van der Waals surface area contributed by atoms with Crippen molar-refractivity contribution in [2.75, 3.05) is 0 Å². The van der Waals surface area contributed by atoms with E-state index in [0.717, 1.165) is 0 Å². The molecule has 0 saturated heterocycles. The molecule has 0 aromatic heterocycles. The molecule has 2 heteroatoms. The van der Waals surface area contributed by atoms with Crippen LogP contribution >= 0.6 is 34.4 Å². The first-order chi connectivity index (χ1) is 12.3. The van der Waals surface area contributed by atoms with Crippen molar-refractivity contribution in [3.8, 4) is 0 Å². The van der Waals surface area contributed by atoms with Crippen molar-refractivity contribution in [2.24, 2.45) is 0 Å². The second kappa shape index (κ2) is 6.17. The lowest BCUT2D eigenvalue weighted by Gasteiger charge is -2.29. The Labute approximate surface area is 167 Å². The minimum absolute atomic E-state index is 0.237. The molecule has 0 heterocycles. The first-order valence-electron chi connectivity index (χ1n) is 8.91. The van der Waals surface area contributed by atoms with E-state index in [-0.39, 0.29) is 5.41 Å². The van der Waals surface area contributed by atoms with Gasteiger partial charge in [-0.1, -0.05) is 54.2 Å². The maximum atomic E-state index is 2.55. The molecule has 1 atom stereocenters. The van der Waals surface area contributed by atoms with Gasteiger partial charge in [-0.15, -0.1) is 0 Å². The maximum absolute atomic E-state index is 2.55. The quantitative estimate of drug-likeness (QED) is 0.392. The van der Waals surface area contributed by atoms with Crippen LogP contribution in [-0.2, 0) is 18.3 Å². The maximum Gasteiger partial charge on any atom is 0.0236 e. The minimum atomic E-state index is 0.237. The summed E-state index contributed by atoms with van der Waals surface area (Å²) in [7, 11) is 0. The van der Waals surface area contributed by atoms with Crippen LogP contribution in [0.4, 0.5) is 0 Å². The molecule has 0 nitrogen and oxygen atoms in total. The van der Waals surface area contributed by atoms with Crippen molar-refractivity contribution in [1.82, 2.24) is 0 Å². The minimum Gasteiger partial charge on any atom is -0.0898 e. The fraction of sp³-hybridized carbons (Fsp3) is 0.217. The summed E-state index contributed by atoms with van der Waals surface area (Å²) < 4.78 is 1.44. The van der Waals surface area contributed by atoms with E-state index < -0.39 is 0 Å². The van der Waals surface area contributed by atoms with Gasteiger partial charge in [0.1, 0.15) is 0 Å². The molecule has 0 N–H and O–H groups in total. The fourth-order valence-corrected chi connectivity index (χ4v) is 6.98. The topological polar surface area (TPSA) is 0 Å². The molecule has 3 aromatic rings. The Bertz CT molecular complexity index is 944. The van der Waals surface area contributed by atoms with Crippen molar-refractivity contribution < 1.29 is 0 Å². The lowest BCUT2D eigenvalue weighted by Crippen LogP contribution is -2.23. The standard InChI is InChI=1S/C23H19IS/c24-19-10-4-6-16-12-14-23(21(16)19)15-13-17-7-5-11-20(22(17)23)25-18-8-2-1-3-9-18/h1-11H,12-15H2. The highest BCUT2D eigenvalue weighted by molar-refractivity contribution is 14.1. The van der Waals surface area contributed by atoms with Gasteiger partial charge < -0.3 is 0 Å². The molecule has 25 heavy (non-hydrogen) atoms. The summed E-state index contributed by atoms with van der Waals surface area (Å²) in [6.07, 6.45) is 4.96. The van der Waals surface area contributed by atoms with Crippen LogP contribution in [0.25, 0.3) is 0 Å². The number of aryl methyl sites for hydroxylation is 2. The molecule has 0 radical (unpaired) electrons. The Morgan fingerprint density at radius 1 is 0.720 bits per heavy atom. The average Bonchev–Trinajstić information content (AvgIpc) is 3.20. The van der Waals surface area contributed by atoms with Crippen LogP contribution in [0.2, 0.25) is 0 Å². The highest BCUT2D eigenvalue weighted by Crippen LogP contribution is 2.56. The van der Waals surface area contributed by atoms with E-state index >= 15 is 0 Å². The summed E-state index contributed by atoms with van der Waals surface area (Å²) in [5, 5.41) is 0. The molecule has 0 bridgehead atoms. The summed E-state index contributed by atoms with van der Waals surface area (Å²) in [4.78, 5) is 2.78. The summed E-state index contributed by atoms with van der Waals surface area (Å²) >= 11 is 4.48. The monoisotopic (exact) mass is 454 g/mol. The molecule has 2 aliphatic rings. The van der Waals surface area contributed by atoms with Crippen molar-refractivity contribution >= 4 is 34.4 Å². The SMILES string of the molecule is Ic1cccc2c1C1(CC2)CCc2cccc(Sc3ccccc3)c21.